The molecule has 82 valence electrons. The van der Waals surface area contributed by atoms with Crippen LogP contribution in [0.15, 0.2) is 0 Å². The second kappa shape index (κ2) is 4.28. The molecule has 0 aromatic carbocycles. The molecule has 0 aromatic heterocycles. The first-order valence-corrected chi connectivity index (χ1v) is 5.16. The summed E-state index contributed by atoms with van der Waals surface area (Å²) in [7, 11) is 4.00. The number of likely N-dealkylation sites (N-methyl/N-ethyl adjacent to an activating group) is 1. The molecule has 1 amide bonds. The number of hydrogen-bond acceptors (Lipinski definition) is 3. The Morgan fingerprint density at radius 3 is 2.50 bits per heavy atom. The predicted octanol–water partition coefficient (Wildman–Crippen LogP) is -0.208. The van der Waals surface area contributed by atoms with Crippen molar-refractivity contribution in [2.24, 2.45) is 11.1 Å². The Hall–Kier alpha value is -0.610. The van der Waals surface area contributed by atoms with Crippen molar-refractivity contribution in [1.82, 2.24) is 10.2 Å². The first-order chi connectivity index (χ1) is 6.50. The zero-order valence-electron chi connectivity index (χ0n) is 9.34. The summed E-state index contributed by atoms with van der Waals surface area (Å²) in [6.07, 6.45) is 1.90. The van der Waals surface area contributed by atoms with E-state index in [0.717, 1.165) is 19.4 Å². The van der Waals surface area contributed by atoms with Crippen molar-refractivity contribution in [3.05, 3.63) is 0 Å². The van der Waals surface area contributed by atoms with E-state index in [9.17, 15) is 4.79 Å². The number of carbonyl (C=O) groups is 1. The summed E-state index contributed by atoms with van der Waals surface area (Å²) in [5.74, 6) is 0.134. The molecule has 0 radical (unpaired) electrons. The van der Waals surface area contributed by atoms with Crippen LogP contribution in [0.2, 0.25) is 0 Å². The molecule has 1 unspecified atom stereocenters. The highest BCUT2D eigenvalue weighted by atomic mass is 16.2. The maximum Gasteiger partial charge on any atom is 0.227 e. The minimum absolute atomic E-state index is 0.134. The fourth-order valence-corrected chi connectivity index (χ4v) is 1.65. The number of rotatable bonds is 5. The van der Waals surface area contributed by atoms with Gasteiger partial charge in [-0.1, -0.05) is 0 Å². The molecule has 1 fully saturated rings. The van der Waals surface area contributed by atoms with E-state index in [2.05, 4.69) is 10.2 Å². The molecule has 0 aliphatic heterocycles. The van der Waals surface area contributed by atoms with Crippen LogP contribution in [0.1, 0.15) is 19.8 Å². The molecule has 1 atom stereocenters. The second-order valence-corrected chi connectivity index (χ2v) is 4.62. The molecule has 0 saturated heterocycles. The quantitative estimate of drug-likeness (QED) is 0.644. The van der Waals surface area contributed by atoms with Gasteiger partial charge in [-0.15, -0.1) is 0 Å². The fourth-order valence-electron chi connectivity index (χ4n) is 1.65. The highest BCUT2D eigenvalue weighted by Crippen LogP contribution is 2.44. The van der Waals surface area contributed by atoms with Gasteiger partial charge in [0, 0.05) is 19.1 Å². The molecule has 1 aliphatic rings. The molecule has 1 saturated carbocycles. The van der Waals surface area contributed by atoms with Gasteiger partial charge in [-0.2, -0.15) is 0 Å². The van der Waals surface area contributed by atoms with E-state index in [4.69, 9.17) is 5.73 Å². The molecule has 1 aliphatic carbocycles. The minimum atomic E-state index is -0.222. The summed E-state index contributed by atoms with van der Waals surface area (Å²) < 4.78 is 0. The third-order valence-electron chi connectivity index (χ3n) is 2.74. The normalized spacial score (nSPS) is 20.6. The van der Waals surface area contributed by atoms with Crippen LogP contribution in [0, 0.1) is 5.41 Å². The van der Waals surface area contributed by atoms with Crippen LogP contribution < -0.4 is 11.1 Å². The van der Waals surface area contributed by atoms with Crippen LogP contribution >= 0.6 is 0 Å². The Morgan fingerprint density at radius 2 is 2.14 bits per heavy atom. The van der Waals surface area contributed by atoms with Crippen molar-refractivity contribution < 1.29 is 4.79 Å². The Morgan fingerprint density at radius 1 is 1.57 bits per heavy atom. The fraction of sp³-hybridized carbons (Fsp3) is 0.900. The van der Waals surface area contributed by atoms with E-state index < -0.39 is 0 Å². The minimum Gasteiger partial charge on any atom is -0.352 e. The average Bonchev–Trinajstić information content (AvgIpc) is 2.82. The Balaban J connectivity index is 2.33. The van der Waals surface area contributed by atoms with E-state index in [1.807, 2.05) is 21.0 Å². The maximum atomic E-state index is 11.7. The number of nitrogens with one attached hydrogen (secondary N) is 1. The van der Waals surface area contributed by atoms with Crippen molar-refractivity contribution in [2.45, 2.75) is 25.8 Å². The van der Waals surface area contributed by atoms with Crippen molar-refractivity contribution in [3.8, 4) is 0 Å². The third kappa shape index (κ3) is 2.69. The van der Waals surface area contributed by atoms with Crippen LogP contribution in [0.25, 0.3) is 0 Å². The average molecular weight is 199 g/mol. The van der Waals surface area contributed by atoms with Crippen molar-refractivity contribution in [1.29, 1.82) is 0 Å². The van der Waals surface area contributed by atoms with Gasteiger partial charge in [-0.3, -0.25) is 4.79 Å². The Kier molecular flexibility index (Phi) is 3.50. The molecule has 4 nitrogen and oxygen atoms in total. The summed E-state index contributed by atoms with van der Waals surface area (Å²) in [4.78, 5) is 13.8. The summed E-state index contributed by atoms with van der Waals surface area (Å²) in [6, 6.07) is 0.196. The van der Waals surface area contributed by atoms with E-state index in [1.54, 1.807) is 0 Å². The van der Waals surface area contributed by atoms with Gasteiger partial charge in [0.1, 0.15) is 0 Å². The summed E-state index contributed by atoms with van der Waals surface area (Å²) in [5, 5.41) is 3.00. The molecule has 0 spiro atoms. The van der Waals surface area contributed by atoms with Gasteiger partial charge in [-0.25, -0.2) is 0 Å². The molecular weight excluding hydrogens is 178 g/mol. The SMILES string of the molecule is CC(CN(C)C)NC(=O)C1(CN)CC1. The van der Waals surface area contributed by atoms with Crippen molar-refractivity contribution >= 4 is 5.91 Å². The number of hydrogen-bond donors (Lipinski definition) is 2. The van der Waals surface area contributed by atoms with Crippen LogP contribution in [-0.4, -0.2) is 44.0 Å². The van der Waals surface area contributed by atoms with E-state index in [1.165, 1.54) is 0 Å². The molecule has 1 rings (SSSR count). The number of carbonyl (C=O) groups excluding carboxylic acids is 1. The van der Waals surface area contributed by atoms with Gasteiger partial charge in [0.05, 0.1) is 5.41 Å². The standard InChI is InChI=1S/C10H21N3O/c1-8(6-13(2)3)12-9(14)10(7-11)4-5-10/h8H,4-7,11H2,1-3H3,(H,12,14). The van der Waals surface area contributed by atoms with Gasteiger partial charge in [0.25, 0.3) is 0 Å². The van der Waals surface area contributed by atoms with Crippen LogP contribution in [0.4, 0.5) is 0 Å². The smallest absolute Gasteiger partial charge is 0.227 e. The van der Waals surface area contributed by atoms with Crippen LogP contribution in [0.5, 0.6) is 0 Å². The van der Waals surface area contributed by atoms with Crippen LogP contribution in [-0.2, 0) is 4.79 Å². The first-order valence-electron chi connectivity index (χ1n) is 5.16. The zero-order chi connectivity index (χ0) is 10.8. The molecule has 14 heavy (non-hydrogen) atoms. The largest absolute Gasteiger partial charge is 0.352 e. The zero-order valence-corrected chi connectivity index (χ0v) is 9.34. The number of nitrogens with two attached hydrogens (primary N) is 1. The summed E-state index contributed by atoms with van der Waals surface area (Å²) in [6.45, 7) is 3.37. The third-order valence-corrected chi connectivity index (χ3v) is 2.74. The molecule has 3 N–H and O–H groups in total. The van der Waals surface area contributed by atoms with Gasteiger partial charge in [0.2, 0.25) is 5.91 Å². The predicted molar refractivity (Wildman–Crippen MR) is 56.9 cm³/mol. The molecule has 4 heteroatoms. The highest BCUT2D eigenvalue weighted by molar-refractivity contribution is 5.85. The van der Waals surface area contributed by atoms with Gasteiger partial charge < -0.3 is 16.0 Å². The topological polar surface area (TPSA) is 58.4 Å². The number of nitrogens with zero attached hydrogens (tertiary/aromatic N) is 1. The summed E-state index contributed by atoms with van der Waals surface area (Å²) in [5.41, 5.74) is 5.35. The van der Waals surface area contributed by atoms with Gasteiger partial charge in [0.15, 0.2) is 0 Å². The first kappa shape index (κ1) is 11.5. The second-order valence-electron chi connectivity index (χ2n) is 4.62. The lowest BCUT2D eigenvalue weighted by atomic mass is 10.1. The maximum absolute atomic E-state index is 11.7. The lowest BCUT2D eigenvalue weighted by Gasteiger charge is -2.21. The lowest BCUT2D eigenvalue weighted by Crippen LogP contribution is -2.45. The number of amides is 1. The van der Waals surface area contributed by atoms with Gasteiger partial charge >= 0.3 is 0 Å². The van der Waals surface area contributed by atoms with Crippen molar-refractivity contribution in [2.75, 3.05) is 27.2 Å². The molecule has 0 heterocycles. The van der Waals surface area contributed by atoms with Crippen molar-refractivity contribution in [3.63, 3.8) is 0 Å². The van der Waals surface area contributed by atoms with E-state index in [-0.39, 0.29) is 17.4 Å². The summed E-state index contributed by atoms with van der Waals surface area (Å²) >= 11 is 0. The molecular formula is C10H21N3O. The molecule has 0 bridgehead atoms. The lowest BCUT2D eigenvalue weighted by molar-refractivity contribution is -0.126. The highest BCUT2D eigenvalue weighted by Gasteiger charge is 2.48. The Labute approximate surface area is 85.8 Å². The van der Waals surface area contributed by atoms with Crippen LogP contribution in [0.3, 0.4) is 0 Å². The van der Waals surface area contributed by atoms with Gasteiger partial charge in [-0.05, 0) is 33.9 Å². The Bertz CT molecular complexity index is 211. The van der Waals surface area contributed by atoms with E-state index >= 15 is 0 Å². The molecule has 0 aromatic rings. The monoisotopic (exact) mass is 199 g/mol. The van der Waals surface area contributed by atoms with E-state index in [0.29, 0.717) is 6.54 Å².